The quantitative estimate of drug-likeness (QED) is 0.792. The second kappa shape index (κ2) is 5.57. The lowest BCUT2D eigenvalue weighted by Crippen LogP contribution is -2.34. The van der Waals surface area contributed by atoms with Crippen molar-refractivity contribution in [2.24, 2.45) is 11.7 Å². The molecule has 1 fully saturated rings. The standard InChI is InChI=1S/C15H18N4O2/c16-13-3-1-2-12(13)14(20)18-10-4-6-11(7-5-10)19-9-8-17-15(19)21/h4-9,12-13H,1-3,16H2,(H,17,21)(H,18,20). The first-order valence-corrected chi connectivity index (χ1v) is 7.08. The van der Waals surface area contributed by atoms with Gasteiger partial charge in [0, 0.05) is 24.1 Å². The predicted octanol–water partition coefficient (Wildman–Crippen LogP) is 1.23. The number of H-pyrrole nitrogens is 1. The number of nitrogens with zero attached hydrogens (tertiary/aromatic N) is 1. The third kappa shape index (κ3) is 2.75. The molecule has 0 aliphatic heterocycles. The topological polar surface area (TPSA) is 92.9 Å². The molecule has 1 aliphatic rings. The van der Waals surface area contributed by atoms with Crippen LogP contribution < -0.4 is 16.7 Å². The van der Waals surface area contributed by atoms with E-state index in [4.69, 9.17) is 5.73 Å². The molecule has 2 atom stereocenters. The molecule has 1 heterocycles. The van der Waals surface area contributed by atoms with Crippen LogP contribution in [0.1, 0.15) is 19.3 Å². The Bertz CT molecular complexity index is 686. The van der Waals surface area contributed by atoms with Gasteiger partial charge in [0.05, 0.1) is 11.6 Å². The highest BCUT2D eigenvalue weighted by Crippen LogP contribution is 2.25. The van der Waals surface area contributed by atoms with Crippen molar-refractivity contribution in [2.45, 2.75) is 25.3 Å². The van der Waals surface area contributed by atoms with Gasteiger partial charge in [-0.3, -0.25) is 9.36 Å². The maximum absolute atomic E-state index is 12.1. The highest BCUT2D eigenvalue weighted by atomic mass is 16.2. The first kappa shape index (κ1) is 13.6. The fraction of sp³-hybridized carbons (Fsp3) is 0.333. The number of hydrogen-bond donors (Lipinski definition) is 3. The van der Waals surface area contributed by atoms with Crippen LogP contribution in [0.5, 0.6) is 0 Å². The minimum absolute atomic E-state index is 0.0217. The number of carbonyl (C=O) groups excluding carboxylic acids is 1. The van der Waals surface area contributed by atoms with Crippen LogP contribution in [-0.2, 0) is 4.79 Å². The molecule has 0 spiro atoms. The van der Waals surface area contributed by atoms with E-state index in [0.717, 1.165) is 24.9 Å². The van der Waals surface area contributed by atoms with Gasteiger partial charge in [0.1, 0.15) is 0 Å². The van der Waals surface area contributed by atoms with Gasteiger partial charge in [-0.05, 0) is 37.1 Å². The lowest BCUT2D eigenvalue weighted by molar-refractivity contribution is -0.120. The minimum atomic E-state index is -0.191. The Morgan fingerprint density at radius 3 is 2.62 bits per heavy atom. The molecular weight excluding hydrogens is 268 g/mol. The Morgan fingerprint density at radius 1 is 1.29 bits per heavy atom. The largest absolute Gasteiger partial charge is 0.330 e. The number of aromatic amines is 1. The summed E-state index contributed by atoms with van der Waals surface area (Å²) in [4.78, 5) is 26.2. The van der Waals surface area contributed by atoms with Gasteiger partial charge in [-0.15, -0.1) is 0 Å². The first-order chi connectivity index (χ1) is 10.1. The number of carbonyl (C=O) groups is 1. The maximum atomic E-state index is 12.1. The summed E-state index contributed by atoms with van der Waals surface area (Å²) in [5.41, 5.74) is 7.21. The Balaban J connectivity index is 1.71. The van der Waals surface area contributed by atoms with Gasteiger partial charge >= 0.3 is 5.69 Å². The van der Waals surface area contributed by atoms with E-state index in [1.165, 1.54) is 4.57 Å². The molecule has 1 aromatic heterocycles. The fourth-order valence-corrected chi connectivity index (χ4v) is 2.78. The minimum Gasteiger partial charge on any atom is -0.327 e. The average molecular weight is 286 g/mol. The summed E-state index contributed by atoms with van der Waals surface area (Å²) in [5, 5.41) is 2.89. The second-order valence-corrected chi connectivity index (χ2v) is 5.37. The van der Waals surface area contributed by atoms with Crippen LogP contribution in [0.25, 0.3) is 5.69 Å². The number of nitrogens with two attached hydrogens (primary N) is 1. The van der Waals surface area contributed by atoms with E-state index in [-0.39, 0.29) is 23.6 Å². The molecule has 3 rings (SSSR count). The zero-order chi connectivity index (χ0) is 14.8. The molecule has 1 aliphatic carbocycles. The van der Waals surface area contributed by atoms with E-state index < -0.39 is 0 Å². The van der Waals surface area contributed by atoms with Gasteiger partial charge in [0.2, 0.25) is 5.91 Å². The van der Waals surface area contributed by atoms with Crippen LogP contribution >= 0.6 is 0 Å². The van der Waals surface area contributed by atoms with Crippen LogP contribution in [0.4, 0.5) is 5.69 Å². The summed E-state index contributed by atoms with van der Waals surface area (Å²) >= 11 is 0. The summed E-state index contributed by atoms with van der Waals surface area (Å²) in [6, 6.07) is 7.11. The van der Waals surface area contributed by atoms with Gasteiger partial charge in [0.25, 0.3) is 0 Å². The third-order valence-corrected chi connectivity index (χ3v) is 3.97. The third-order valence-electron chi connectivity index (χ3n) is 3.97. The molecule has 1 amide bonds. The highest BCUT2D eigenvalue weighted by Gasteiger charge is 2.30. The summed E-state index contributed by atoms with van der Waals surface area (Å²) in [6.07, 6.45) is 6.01. The number of benzene rings is 1. The monoisotopic (exact) mass is 286 g/mol. The Morgan fingerprint density at radius 2 is 2.05 bits per heavy atom. The van der Waals surface area contributed by atoms with Gasteiger partial charge < -0.3 is 16.0 Å². The van der Waals surface area contributed by atoms with Crippen LogP contribution in [0.3, 0.4) is 0 Å². The Labute approximate surface area is 122 Å². The zero-order valence-electron chi connectivity index (χ0n) is 11.6. The van der Waals surface area contributed by atoms with Crippen molar-refractivity contribution >= 4 is 11.6 Å². The van der Waals surface area contributed by atoms with E-state index in [1.54, 1.807) is 36.7 Å². The molecular formula is C15H18N4O2. The normalized spacial score (nSPS) is 21.4. The summed E-state index contributed by atoms with van der Waals surface area (Å²) in [6.45, 7) is 0. The van der Waals surface area contributed by atoms with Crippen molar-refractivity contribution in [3.05, 3.63) is 47.1 Å². The number of anilines is 1. The van der Waals surface area contributed by atoms with Crippen molar-refractivity contribution in [1.29, 1.82) is 0 Å². The number of hydrogen-bond acceptors (Lipinski definition) is 3. The van der Waals surface area contributed by atoms with Crippen molar-refractivity contribution in [3.8, 4) is 5.69 Å². The van der Waals surface area contributed by atoms with Crippen molar-refractivity contribution < 1.29 is 4.79 Å². The average Bonchev–Trinajstić information content (AvgIpc) is 3.08. The van der Waals surface area contributed by atoms with Gasteiger partial charge in [-0.2, -0.15) is 0 Å². The molecule has 6 heteroatoms. The SMILES string of the molecule is NC1CCCC1C(=O)Nc1ccc(-n2cc[nH]c2=O)cc1. The van der Waals surface area contributed by atoms with Crippen molar-refractivity contribution in [1.82, 2.24) is 9.55 Å². The van der Waals surface area contributed by atoms with Gasteiger partial charge in [-0.25, -0.2) is 4.79 Å². The maximum Gasteiger partial charge on any atom is 0.330 e. The molecule has 110 valence electrons. The molecule has 1 saturated carbocycles. The highest BCUT2D eigenvalue weighted by molar-refractivity contribution is 5.93. The Kier molecular flexibility index (Phi) is 3.62. The summed E-state index contributed by atoms with van der Waals surface area (Å²) < 4.78 is 1.50. The molecule has 0 saturated heterocycles. The van der Waals surface area contributed by atoms with Gasteiger partial charge in [0.15, 0.2) is 0 Å². The van der Waals surface area contributed by atoms with Crippen molar-refractivity contribution in [3.63, 3.8) is 0 Å². The lowest BCUT2D eigenvalue weighted by atomic mass is 10.0. The molecule has 6 nitrogen and oxygen atoms in total. The van der Waals surface area contributed by atoms with Crippen LogP contribution in [0.2, 0.25) is 0 Å². The summed E-state index contributed by atoms with van der Waals surface area (Å²) in [5.74, 6) is -0.122. The van der Waals surface area contributed by atoms with Crippen LogP contribution in [0, 0.1) is 5.92 Å². The number of imidazole rings is 1. The van der Waals surface area contributed by atoms with E-state index in [9.17, 15) is 9.59 Å². The first-order valence-electron chi connectivity index (χ1n) is 7.08. The molecule has 2 aromatic rings. The molecule has 4 N–H and O–H groups in total. The van der Waals surface area contributed by atoms with Crippen LogP contribution in [-0.4, -0.2) is 21.5 Å². The van der Waals surface area contributed by atoms with E-state index in [2.05, 4.69) is 10.3 Å². The van der Waals surface area contributed by atoms with E-state index >= 15 is 0 Å². The summed E-state index contributed by atoms with van der Waals surface area (Å²) in [7, 11) is 0. The van der Waals surface area contributed by atoms with E-state index in [1.807, 2.05) is 0 Å². The molecule has 0 radical (unpaired) electrons. The lowest BCUT2D eigenvalue weighted by Gasteiger charge is -2.15. The fourth-order valence-electron chi connectivity index (χ4n) is 2.78. The van der Waals surface area contributed by atoms with Gasteiger partial charge in [-0.1, -0.05) is 6.42 Å². The number of amides is 1. The number of rotatable bonds is 3. The predicted molar refractivity (Wildman–Crippen MR) is 80.3 cm³/mol. The number of aromatic nitrogens is 2. The number of nitrogens with one attached hydrogen (secondary N) is 2. The molecule has 2 unspecified atom stereocenters. The van der Waals surface area contributed by atoms with Crippen LogP contribution in [0.15, 0.2) is 41.5 Å². The Hall–Kier alpha value is -2.34. The molecule has 0 bridgehead atoms. The smallest absolute Gasteiger partial charge is 0.327 e. The van der Waals surface area contributed by atoms with Crippen molar-refractivity contribution in [2.75, 3.05) is 5.32 Å². The molecule has 21 heavy (non-hydrogen) atoms. The molecule has 1 aromatic carbocycles. The van der Waals surface area contributed by atoms with E-state index in [0.29, 0.717) is 5.69 Å². The second-order valence-electron chi connectivity index (χ2n) is 5.37. The zero-order valence-corrected chi connectivity index (χ0v) is 11.6.